The maximum atomic E-state index is 10.3. The molecule has 1 rings (SSSR count). The summed E-state index contributed by atoms with van der Waals surface area (Å²) < 4.78 is 15.4. The Balaban J connectivity index is 3.34. The summed E-state index contributed by atoms with van der Waals surface area (Å²) in [5.74, 6) is 1.35. The Labute approximate surface area is 98.6 Å². The van der Waals surface area contributed by atoms with Crippen molar-refractivity contribution in [2.45, 2.75) is 0 Å². The van der Waals surface area contributed by atoms with Crippen molar-refractivity contribution in [3.63, 3.8) is 0 Å². The van der Waals surface area contributed by atoms with E-state index in [4.69, 9.17) is 14.2 Å². The van der Waals surface area contributed by atoms with Gasteiger partial charge in [-0.2, -0.15) is 0 Å². The van der Waals surface area contributed by atoms with E-state index >= 15 is 0 Å². The van der Waals surface area contributed by atoms with E-state index in [9.17, 15) is 10.1 Å². The lowest BCUT2D eigenvalue weighted by Crippen LogP contribution is -1.96. The summed E-state index contributed by atoms with van der Waals surface area (Å²) in [6, 6.07) is 3.32. The first-order valence-corrected chi connectivity index (χ1v) is 4.74. The zero-order chi connectivity index (χ0) is 12.8. The van der Waals surface area contributed by atoms with Gasteiger partial charge in [0.05, 0.1) is 31.8 Å². The van der Waals surface area contributed by atoms with Gasteiger partial charge in [-0.05, 0) is 12.1 Å². The lowest BCUT2D eigenvalue weighted by molar-refractivity contribution is -0.400. The van der Waals surface area contributed by atoms with Gasteiger partial charge in [-0.1, -0.05) is 0 Å². The first-order valence-electron chi connectivity index (χ1n) is 4.74. The van der Waals surface area contributed by atoms with E-state index < -0.39 is 4.92 Å². The van der Waals surface area contributed by atoms with Gasteiger partial charge in [0.15, 0.2) is 11.5 Å². The topological polar surface area (TPSA) is 70.8 Å². The van der Waals surface area contributed by atoms with Crippen molar-refractivity contribution >= 4 is 6.08 Å². The molecule has 0 aliphatic carbocycles. The smallest absolute Gasteiger partial charge is 0.235 e. The molecule has 1 aromatic rings. The molecule has 0 unspecified atom stereocenters. The predicted molar refractivity (Wildman–Crippen MR) is 62.1 cm³/mol. The molecule has 6 heteroatoms. The van der Waals surface area contributed by atoms with Crippen molar-refractivity contribution in [1.82, 2.24) is 0 Å². The van der Waals surface area contributed by atoms with Crippen molar-refractivity contribution in [3.8, 4) is 17.2 Å². The van der Waals surface area contributed by atoms with Crippen LogP contribution in [0.2, 0.25) is 0 Å². The summed E-state index contributed by atoms with van der Waals surface area (Å²) in [7, 11) is 4.43. The van der Waals surface area contributed by atoms with Gasteiger partial charge < -0.3 is 14.2 Å². The first kappa shape index (κ1) is 12.8. The number of rotatable bonds is 5. The van der Waals surface area contributed by atoms with Crippen molar-refractivity contribution in [1.29, 1.82) is 0 Å². The van der Waals surface area contributed by atoms with E-state index in [2.05, 4.69) is 0 Å². The third-order valence-corrected chi connectivity index (χ3v) is 2.13. The van der Waals surface area contributed by atoms with Crippen LogP contribution in [0.5, 0.6) is 17.2 Å². The summed E-state index contributed by atoms with van der Waals surface area (Å²) >= 11 is 0. The molecule has 1 aromatic carbocycles. The summed E-state index contributed by atoms with van der Waals surface area (Å²) in [5.41, 5.74) is 0.464. The van der Waals surface area contributed by atoms with Crippen LogP contribution in [0.25, 0.3) is 6.08 Å². The second-order valence-electron chi connectivity index (χ2n) is 3.02. The highest BCUT2D eigenvalue weighted by Gasteiger charge is 2.14. The summed E-state index contributed by atoms with van der Waals surface area (Å²) in [6.45, 7) is 0. The molecule has 0 atom stereocenters. The molecular formula is C11H13NO5. The molecule has 6 nitrogen and oxygen atoms in total. The van der Waals surface area contributed by atoms with Crippen LogP contribution in [0, 0.1) is 10.1 Å². The molecule has 0 saturated carbocycles. The molecule has 0 fully saturated rings. The molecular weight excluding hydrogens is 226 g/mol. The Morgan fingerprint density at radius 2 is 1.71 bits per heavy atom. The number of nitrogens with zero attached hydrogens (tertiary/aromatic N) is 1. The van der Waals surface area contributed by atoms with Crippen LogP contribution in [0.4, 0.5) is 0 Å². The average Bonchev–Trinajstić information content (AvgIpc) is 2.34. The van der Waals surface area contributed by atoms with Crippen molar-refractivity contribution in [2.24, 2.45) is 0 Å². The Morgan fingerprint density at radius 3 is 2.18 bits per heavy atom. The fraction of sp³-hybridized carbons (Fsp3) is 0.273. The van der Waals surface area contributed by atoms with E-state index in [1.807, 2.05) is 0 Å². The molecule has 0 aliphatic heterocycles. The van der Waals surface area contributed by atoms with Crippen molar-refractivity contribution in [2.75, 3.05) is 21.3 Å². The molecule has 92 valence electrons. The minimum absolute atomic E-state index is 0.393. The van der Waals surface area contributed by atoms with Gasteiger partial charge in [0.25, 0.3) is 0 Å². The number of methoxy groups -OCH3 is 3. The summed E-state index contributed by atoms with van der Waals surface area (Å²) in [6.07, 6.45) is 2.12. The maximum absolute atomic E-state index is 10.3. The van der Waals surface area contributed by atoms with Gasteiger partial charge in [0.1, 0.15) is 5.75 Å². The zero-order valence-corrected chi connectivity index (χ0v) is 9.80. The van der Waals surface area contributed by atoms with Crippen LogP contribution in [0.3, 0.4) is 0 Å². The lowest BCUT2D eigenvalue weighted by atomic mass is 10.1. The van der Waals surface area contributed by atoms with Gasteiger partial charge in [0.2, 0.25) is 6.20 Å². The number of nitro groups is 1. The third-order valence-electron chi connectivity index (χ3n) is 2.13. The lowest BCUT2D eigenvalue weighted by Gasteiger charge is -2.13. The van der Waals surface area contributed by atoms with E-state index in [1.54, 1.807) is 12.1 Å². The van der Waals surface area contributed by atoms with E-state index in [-0.39, 0.29) is 0 Å². The number of benzene rings is 1. The van der Waals surface area contributed by atoms with Gasteiger partial charge in [-0.25, -0.2) is 0 Å². The highest BCUT2D eigenvalue weighted by atomic mass is 16.6. The van der Waals surface area contributed by atoms with Gasteiger partial charge in [-0.15, -0.1) is 0 Å². The van der Waals surface area contributed by atoms with Crippen LogP contribution >= 0.6 is 0 Å². The minimum atomic E-state index is -0.557. The molecule has 0 aromatic heterocycles. The quantitative estimate of drug-likeness (QED) is 0.580. The zero-order valence-electron chi connectivity index (χ0n) is 9.80. The highest BCUT2D eigenvalue weighted by Crippen LogP contribution is 2.38. The van der Waals surface area contributed by atoms with Gasteiger partial charge in [-0.3, -0.25) is 10.1 Å². The SMILES string of the molecule is COc1ccc(OC)c(OC)c1C=C[N+](=O)[O-]. The number of hydrogen-bond donors (Lipinski definition) is 0. The van der Waals surface area contributed by atoms with Gasteiger partial charge in [0, 0.05) is 6.08 Å². The molecule has 0 spiro atoms. The predicted octanol–water partition coefficient (Wildman–Crippen LogP) is 1.96. The van der Waals surface area contributed by atoms with Crippen LogP contribution in [-0.2, 0) is 0 Å². The van der Waals surface area contributed by atoms with E-state index in [0.717, 1.165) is 6.20 Å². The fourth-order valence-corrected chi connectivity index (χ4v) is 1.40. The van der Waals surface area contributed by atoms with Crippen molar-refractivity contribution in [3.05, 3.63) is 34.0 Å². The number of ether oxygens (including phenoxy) is 3. The monoisotopic (exact) mass is 239 g/mol. The molecule has 17 heavy (non-hydrogen) atoms. The molecule has 0 bridgehead atoms. The molecule has 0 heterocycles. The average molecular weight is 239 g/mol. The molecule has 0 amide bonds. The minimum Gasteiger partial charge on any atom is -0.496 e. The van der Waals surface area contributed by atoms with Gasteiger partial charge >= 0.3 is 0 Å². The number of hydrogen-bond acceptors (Lipinski definition) is 5. The second kappa shape index (κ2) is 5.74. The van der Waals surface area contributed by atoms with Crippen molar-refractivity contribution < 1.29 is 19.1 Å². The van der Waals surface area contributed by atoms with Crippen LogP contribution in [-0.4, -0.2) is 26.3 Å². The van der Waals surface area contributed by atoms with E-state index in [0.29, 0.717) is 22.8 Å². The van der Waals surface area contributed by atoms with Crippen LogP contribution in [0.15, 0.2) is 18.3 Å². The first-order chi connectivity index (χ1) is 8.13. The van der Waals surface area contributed by atoms with Crippen LogP contribution < -0.4 is 14.2 Å². The molecule has 0 saturated heterocycles. The summed E-state index contributed by atoms with van der Waals surface area (Å²) in [5, 5.41) is 10.3. The summed E-state index contributed by atoms with van der Waals surface area (Å²) in [4.78, 5) is 9.78. The standard InChI is InChI=1S/C11H13NO5/c1-15-9-4-5-10(16-2)11(17-3)8(9)6-7-12(13)14/h4-7H,1-3H3. The largest absolute Gasteiger partial charge is 0.496 e. The van der Waals surface area contributed by atoms with E-state index in [1.165, 1.54) is 27.4 Å². The Hall–Kier alpha value is -2.24. The molecule has 0 N–H and O–H groups in total. The molecule has 0 radical (unpaired) electrons. The maximum Gasteiger partial charge on any atom is 0.235 e. The fourth-order valence-electron chi connectivity index (χ4n) is 1.40. The Morgan fingerprint density at radius 1 is 1.12 bits per heavy atom. The normalized spacial score (nSPS) is 10.3. The Bertz CT molecular complexity index is 442. The third kappa shape index (κ3) is 2.87. The highest BCUT2D eigenvalue weighted by molar-refractivity contribution is 5.68. The second-order valence-corrected chi connectivity index (χ2v) is 3.02. The molecule has 0 aliphatic rings. The van der Waals surface area contributed by atoms with Crippen LogP contribution in [0.1, 0.15) is 5.56 Å². The Kier molecular flexibility index (Phi) is 4.33.